The normalized spacial score (nSPS) is 26.1. The lowest BCUT2D eigenvalue weighted by molar-refractivity contribution is -0.136. The molecular weight excluding hydrogens is 346 g/mol. The van der Waals surface area contributed by atoms with E-state index in [0.29, 0.717) is 37.0 Å². The van der Waals surface area contributed by atoms with Crippen LogP contribution >= 0.6 is 0 Å². The van der Waals surface area contributed by atoms with E-state index in [1.807, 2.05) is 0 Å². The Morgan fingerprint density at radius 3 is 2.56 bits per heavy atom. The number of amides is 3. The van der Waals surface area contributed by atoms with Crippen LogP contribution in [0.2, 0.25) is 0 Å². The summed E-state index contributed by atoms with van der Waals surface area (Å²) in [6.07, 6.45) is 5.92. The molecule has 2 aliphatic carbocycles. The Kier molecular flexibility index (Phi) is 5.01. The van der Waals surface area contributed by atoms with Gasteiger partial charge in [0.15, 0.2) is 0 Å². The lowest BCUT2D eigenvalue weighted by Crippen LogP contribution is -2.36. The van der Waals surface area contributed by atoms with E-state index in [2.05, 4.69) is 10.6 Å². The first-order valence-electron chi connectivity index (χ1n) is 9.73. The first-order valence-corrected chi connectivity index (χ1v) is 9.73. The largest absolute Gasteiger partial charge is 0.447 e. The van der Waals surface area contributed by atoms with Gasteiger partial charge >= 0.3 is 17.9 Å². The number of ether oxygens (including phenoxy) is 1. The molecule has 1 aliphatic heterocycles. The summed E-state index contributed by atoms with van der Waals surface area (Å²) in [5.41, 5.74) is 1.21. The first kappa shape index (κ1) is 17.8. The minimum Gasteiger partial charge on any atom is -0.447 e. The molecule has 2 bridgehead atoms. The topological polar surface area (TPSA) is 87.7 Å². The van der Waals surface area contributed by atoms with Gasteiger partial charge in [-0.15, -0.1) is 0 Å². The Balaban J connectivity index is 1.22. The van der Waals surface area contributed by atoms with Crippen molar-refractivity contribution in [2.24, 2.45) is 17.8 Å². The van der Waals surface area contributed by atoms with Crippen molar-refractivity contribution in [2.45, 2.75) is 32.1 Å². The maximum absolute atomic E-state index is 12.1. The number of carbonyl (C=O) groups excluding carboxylic acids is 3. The molecule has 144 valence electrons. The summed E-state index contributed by atoms with van der Waals surface area (Å²) in [6.45, 7) is 1.44. The number of benzene rings is 1. The van der Waals surface area contributed by atoms with Crippen molar-refractivity contribution in [1.82, 2.24) is 5.32 Å². The van der Waals surface area contributed by atoms with Crippen molar-refractivity contribution in [2.75, 3.05) is 29.9 Å². The van der Waals surface area contributed by atoms with Gasteiger partial charge in [0.25, 0.3) is 0 Å². The Hall–Kier alpha value is -2.57. The Labute approximate surface area is 158 Å². The molecule has 3 aliphatic rings. The molecule has 0 unspecified atom stereocenters. The molecule has 3 amide bonds. The zero-order valence-corrected chi connectivity index (χ0v) is 15.3. The van der Waals surface area contributed by atoms with Crippen LogP contribution in [0.3, 0.4) is 0 Å². The maximum Gasteiger partial charge on any atom is 0.414 e. The van der Waals surface area contributed by atoms with E-state index >= 15 is 0 Å². The van der Waals surface area contributed by atoms with Crippen molar-refractivity contribution < 1.29 is 19.1 Å². The van der Waals surface area contributed by atoms with Crippen LogP contribution in [0, 0.1) is 17.8 Å². The highest BCUT2D eigenvalue weighted by atomic mass is 16.6. The highest BCUT2D eigenvalue weighted by Gasteiger charge is 2.38. The number of hydrogen-bond donors (Lipinski definition) is 2. The van der Waals surface area contributed by atoms with Crippen molar-refractivity contribution >= 4 is 29.3 Å². The highest BCUT2D eigenvalue weighted by Crippen LogP contribution is 2.49. The van der Waals surface area contributed by atoms with Crippen molar-refractivity contribution in [3.05, 3.63) is 24.3 Å². The van der Waals surface area contributed by atoms with Gasteiger partial charge in [0, 0.05) is 17.9 Å². The van der Waals surface area contributed by atoms with Crippen LogP contribution in [0.1, 0.15) is 32.1 Å². The number of anilines is 2. The molecule has 3 atom stereocenters. The number of carbonyl (C=O) groups is 3. The minimum atomic E-state index is -0.670. The molecule has 1 aromatic rings. The summed E-state index contributed by atoms with van der Waals surface area (Å²) in [7, 11) is 0. The smallest absolute Gasteiger partial charge is 0.414 e. The van der Waals surface area contributed by atoms with Crippen molar-refractivity contribution in [1.29, 1.82) is 0 Å². The van der Waals surface area contributed by atoms with Gasteiger partial charge in [0.05, 0.1) is 6.54 Å². The van der Waals surface area contributed by atoms with Gasteiger partial charge in [-0.1, -0.05) is 6.42 Å². The number of cyclic esters (lactones) is 1. The average molecular weight is 371 g/mol. The first-order chi connectivity index (χ1) is 13.1. The lowest BCUT2D eigenvalue weighted by Gasteiger charge is -2.21. The molecular formula is C20H25N3O4. The quantitative estimate of drug-likeness (QED) is 0.779. The summed E-state index contributed by atoms with van der Waals surface area (Å²) in [6, 6.07) is 6.77. The fraction of sp³-hybridized carbons (Fsp3) is 0.550. The fourth-order valence-electron chi connectivity index (χ4n) is 4.72. The summed E-state index contributed by atoms with van der Waals surface area (Å²) < 4.78 is 4.90. The predicted octanol–water partition coefficient (Wildman–Crippen LogP) is 2.52. The van der Waals surface area contributed by atoms with Crippen LogP contribution in [0.4, 0.5) is 16.2 Å². The van der Waals surface area contributed by atoms with Gasteiger partial charge in [-0.2, -0.15) is 0 Å². The number of hydrogen-bond acceptors (Lipinski definition) is 4. The van der Waals surface area contributed by atoms with Crippen molar-refractivity contribution in [3.63, 3.8) is 0 Å². The molecule has 0 radical (unpaired) electrons. The second kappa shape index (κ2) is 7.58. The van der Waals surface area contributed by atoms with Gasteiger partial charge in [-0.25, -0.2) is 4.79 Å². The zero-order valence-electron chi connectivity index (χ0n) is 15.3. The molecule has 3 fully saturated rings. The molecule has 2 saturated carbocycles. The average Bonchev–Trinajstić information content (AvgIpc) is 3.39. The fourth-order valence-corrected chi connectivity index (χ4v) is 4.72. The standard InChI is InChI=1S/C20H25N3O4/c24-18(21-8-7-15-12-13-1-2-14(15)11-13)19(25)22-16-3-5-17(6-4-16)23-9-10-27-20(23)26/h3-6,13-15H,1-2,7-12H2,(H,21,24)(H,22,25)/t13-,14-,15-/m0/s1. The lowest BCUT2D eigenvalue weighted by atomic mass is 9.86. The van der Waals surface area contributed by atoms with Gasteiger partial charge < -0.3 is 15.4 Å². The number of nitrogens with one attached hydrogen (secondary N) is 2. The molecule has 7 heteroatoms. The Morgan fingerprint density at radius 1 is 1.11 bits per heavy atom. The molecule has 4 rings (SSSR count). The van der Waals surface area contributed by atoms with Gasteiger partial charge in [0.2, 0.25) is 0 Å². The van der Waals surface area contributed by atoms with E-state index < -0.39 is 11.8 Å². The summed E-state index contributed by atoms with van der Waals surface area (Å²) in [5.74, 6) is 1.15. The van der Waals surface area contributed by atoms with E-state index in [1.54, 1.807) is 24.3 Å². The van der Waals surface area contributed by atoms with E-state index in [9.17, 15) is 14.4 Å². The third-order valence-corrected chi connectivity index (χ3v) is 6.09. The second-order valence-corrected chi connectivity index (χ2v) is 7.75. The van der Waals surface area contributed by atoms with E-state index in [0.717, 1.165) is 18.3 Å². The minimum absolute atomic E-state index is 0.373. The molecule has 1 heterocycles. The van der Waals surface area contributed by atoms with Gasteiger partial charge in [-0.3, -0.25) is 14.5 Å². The van der Waals surface area contributed by atoms with Crippen LogP contribution in [0.25, 0.3) is 0 Å². The molecule has 1 aromatic carbocycles. The summed E-state index contributed by atoms with van der Waals surface area (Å²) in [4.78, 5) is 37.1. The molecule has 2 N–H and O–H groups in total. The molecule has 27 heavy (non-hydrogen) atoms. The number of nitrogens with zero attached hydrogens (tertiary/aromatic N) is 1. The van der Waals surface area contributed by atoms with Crippen molar-refractivity contribution in [3.8, 4) is 0 Å². The Morgan fingerprint density at radius 2 is 1.93 bits per heavy atom. The van der Waals surface area contributed by atoms with E-state index in [4.69, 9.17) is 4.74 Å². The molecule has 1 saturated heterocycles. The SMILES string of the molecule is O=C(NCC[C@H]1C[C@H]2CC[C@H]1C2)C(=O)Nc1ccc(N2CCOC2=O)cc1. The van der Waals surface area contributed by atoms with Crippen LogP contribution in [0.15, 0.2) is 24.3 Å². The molecule has 0 spiro atoms. The summed E-state index contributed by atoms with van der Waals surface area (Å²) >= 11 is 0. The Bertz CT molecular complexity index is 733. The number of fused-ring (bicyclic) bond motifs is 2. The van der Waals surface area contributed by atoms with Crippen LogP contribution in [-0.2, 0) is 14.3 Å². The summed E-state index contributed by atoms with van der Waals surface area (Å²) in [5, 5.41) is 5.32. The third-order valence-electron chi connectivity index (χ3n) is 6.09. The molecule has 0 aromatic heterocycles. The van der Waals surface area contributed by atoms with Crippen LogP contribution < -0.4 is 15.5 Å². The predicted molar refractivity (Wildman–Crippen MR) is 100 cm³/mol. The zero-order chi connectivity index (χ0) is 18.8. The van der Waals surface area contributed by atoms with Gasteiger partial charge in [-0.05, 0) is 67.7 Å². The maximum atomic E-state index is 12.1. The van der Waals surface area contributed by atoms with Crippen LogP contribution in [-0.4, -0.2) is 37.6 Å². The monoisotopic (exact) mass is 371 g/mol. The van der Waals surface area contributed by atoms with E-state index in [1.165, 1.54) is 30.6 Å². The van der Waals surface area contributed by atoms with E-state index in [-0.39, 0.29) is 6.09 Å². The second-order valence-electron chi connectivity index (χ2n) is 7.75. The van der Waals surface area contributed by atoms with Gasteiger partial charge in [0.1, 0.15) is 6.61 Å². The third kappa shape index (κ3) is 3.91. The highest BCUT2D eigenvalue weighted by molar-refractivity contribution is 6.39. The van der Waals surface area contributed by atoms with Crippen LogP contribution in [0.5, 0.6) is 0 Å². The molecule has 7 nitrogen and oxygen atoms in total. The number of rotatable bonds is 5.